The Bertz CT molecular complexity index is 135. The average Bonchev–Trinajstić information content (AvgIpc) is 1.85. The van der Waals surface area contributed by atoms with E-state index in [9.17, 15) is 9.59 Å². The lowest BCUT2D eigenvalue weighted by atomic mass is 11.8. The highest BCUT2D eigenvalue weighted by molar-refractivity contribution is 9.37. The van der Waals surface area contributed by atoms with Gasteiger partial charge in [-0.2, -0.15) is 0 Å². The smallest absolute Gasteiger partial charge is 0.267 e. The van der Waals surface area contributed by atoms with Crippen molar-refractivity contribution in [3.63, 3.8) is 0 Å². The van der Waals surface area contributed by atoms with E-state index in [1.54, 1.807) is 0 Å². The van der Waals surface area contributed by atoms with E-state index in [0.29, 0.717) is 0 Å². The van der Waals surface area contributed by atoms with Crippen LogP contribution in [0, 0.1) is 0 Å². The highest BCUT2D eigenvalue weighted by Crippen LogP contribution is 2.49. The number of rotatable bonds is 4. The van der Waals surface area contributed by atoms with Crippen LogP contribution in [0.25, 0.3) is 0 Å². The summed E-state index contributed by atoms with van der Waals surface area (Å²) >= 11 is 10.0. The van der Waals surface area contributed by atoms with Gasteiger partial charge in [-0.3, -0.25) is 9.59 Å². The third kappa shape index (κ3) is 11.7. The van der Waals surface area contributed by atoms with Crippen LogP contribution in [0.1, 0.15) is 0 Å². The lowest BCUT2D eigenvalue weighted by Crippen LogP contribution is -1.61. The quantitative estimate of drug-likeness (QED) is 0.407. The summed E-state index contributed by atoms with van der Waals surface area (Å²) in [6.45, 7) is 0. The molecule has 0 aliphatic rings. The van der Waals surface area contributed by atoms with E-state index in [0.717, 1.165) is 21.6 Å². The second-order valence-corrected chi connectivity index (χ2v) is 9.36. The van der Waals surface area contributed by atoms with Crippen molar-refractivity contribution in [2.45, 2.75) is 0 Å². The van der Waals surface area contributed by atoms with Crippen molar-refractivity contribution in [2.24, 2.45) is 0 Å². The summed E-state index contributed by atoms with van der Waals surface area (Å²) in [6, 6.07) is 0. The van der Waals surface area contributed by atoms with Crippen LogP contribution in [0.2, 0.25) is 0 Å². The fourth-order valence-electron chi connectivity index (χ4n) is 0.0926. The van der Waals surface area contributed by atoms with Crippen LogP contribution in [0.15, 0.2) is 0 Å². The lowest BCUT2D eigenvalue weighted by molar-refractivity contribution is 0.275. The van der Waals surface area contributed by atoms with Gasteiger partial charge in [0.1, 0.15) is 0 Å². The molecule has 0 unspecified atom stereocenters. The minimum absolute atomic E-state index is 0.481. The molecule has 0 heterocycles. The molecule has 0 atom stereocenters. The van der Waals surface area contributed by atoms with E-state index < -0.39 is 9.15 Å². The number of carbonyl (C=O) groups is 2. The van der Waals surface area contributed by atoms with Crippen molar-refractivity contribution in [3.8, 4) is 0 Å². The van der Waals surface area contributed by atoms with Crippen molar-refractivity contribution in [2.75, 3.05) is 0 Å². The Hall–Kier alpha value is 1.67. The number of carbonyl (C=O) groups excluding carboxylic acids is 2. The summed E-state index contributed by atoms with van der Waals surface area (Å²) < 4.78 is -0.962. The Morgan fingerprint density at radius 2 is 1.18 bits per heavy atom. The first-order valence-corrected chi connectivity index (χ1v) is 8.77. The fourth-order valence-corrected chi connectivity index (χ4v) is 7.84. The van der Waals surface area contributed by atoms with Crippen molar-refractivity contribution >= 4 is 83.4 Å². The van der Waals surface area contributed by atoms with E-state index in [1.165, 1.54) is 29.5 Å². The van der Waals surface area contributed by atoms with E-state index in [2.05, 4.69) is 0 Å². The van der Waals surface area contributed by atoms with Crippen LogP contribution < -0.4 is 0 Å². The molecule has 0 radical (unpaired) electrons. The normalized spacial score (nSPS) is 9.64. The number of halogens is 2. The van der Waals surface area contributed by atoms with Gasteiger partial charge >= 0.3 is 0 Å². The minimum Gasteiger partial charge on any atom is -0.267 e. The van der Waals surface area contributed by atoms with Gasteiger partial charge in [-0.1, -0.05) is 0 Å². The first-order valence-electron chi connectivity index (χ1n) is 1.86. The van der Waals surface area contributed by atoms with Gasteiger partial charge in [0.15, 0.2) is 0 Å². The monoisotopic (exact) mass is 286 g/mol. The summed E-state index contributed by atoms with van der Waals surface area (Å²) in [5.41, 5.74) is 0. The molecule has 0 aliphatic carbocycles. The summed E-state index contributed by atoms with van der Waals surface area (Å²) in [4.78, 5) is 20.3. The molecule has 0 aromatic rings. The predicted molar refractivity (Wildman–Crippen MR) is 60.5 cm³/mol. The van der Waals surface area contributed by atoms with E-state index in [-0.39, 0.29) is 0 Å². The molecule has 0 saturated heterocycles. The molecule has 0 bridgehead atoms. The van der Waals surface area contributed by atoms with E-state index in [4.69, 9.17) is 23.2 Å². The van der Waals surface area contributed by atoms with Gasteiger partial charge in [0.25, 0.3) is 9.15 Å². The van der Waals surface area contributed by atoms with Crippen molar-refractivity contribution < 1.29 is 9.59 Å². The van der Waals surface area contributed by atoms with Crippen LogP contribution >= 0.6 is 74.3 Å². The van der Waals surface area contributed by atoms with Gasteiger partial charge in [0.05, 0.1) is 0 Å². The predicted octanol–water partition coefficient (Wildman–Crippen LogP) is 5.03. The molecule has 0 aliphatic heterocycles. The van der Waals surface area contributed by atoms with Crippen LogP contribution in [0.4, 0.5) is 9.59 Å². The number of hydrogen-bond acceptors (Lipinski definition) is 7. The third-order valence-corrected chi connectivity index (χ3v) is 8.65. The summed E-state index contributed by atoms with van der Waals surface area (Å²) in [5, 5.41) is 0. The molecule has 11 heavy (non-hydrogen) atoms. The zero-order chi connectivity index (χ0) is 8.69. The zero-order valence-electron chi connectivity index (χ0n) is 4.61. The Morgan fingerprint density at radius 3 is 1.45 bits per heavy atom. The molecule has 0 spiro atoms. The maximum Gasteiger partial charge on any atom is 0.290 e. The Kier molecular flexibility index (Phi) is 9.53. The second-order valence-electron chi connectivity index (χ2n) is 0.846. The number of hydrogen-bond donors (Lipinski definition) is 0. The van der Waals surface area contributed by atoms with Gasteiger partial charge < -0.3 is 0 Å². The van der Waals surface area contributed by atoms with Crippen molar-refractivity contribution in [3.05, 3.63) is 0 Å². The van der Waals surface area contributed by atoms with Gasteiger partial charge in [0.2, 0.25) is 0 Å². The van der Waals surface area contributed by atoms with E-state index in [1.807, 2.05) is 0 Å². The Morgan fingerprint density at radius 1 is 0.818 bits per heavy atom. The van der Waals surface area contributed by atoms with Crippen LogP contribution in [0.5, 0.6) is 0 Å². The zero-order valence-corrected chi connectivity index (χ0v) is 10.2. The third-order valence-electron chi connectivity index (χ3n) is 0.255. The highest BCUT2D eigenvalue weighted by Gasteiger charge is 2.01. The largest absolute Gasteiger partial charge is 0.290 e. The maximum absolute atomic E-state index is 10.1. The summed E-state index contributed by atoms with van der Waals surface area (Å²) in [7, 11) is 5.43. The molecule has 0 aromatic carbocycles. The molecule has 0 amide bonds. The molecule has 0 aromatic heterocycles. The first-order chi connectivity index (χ1) is 5.13. The molecule has 0 saturated carbocycles. The molecule has 2 nitrogen and oxygen atoms in total. The first kappa shape index (κ1) is 12.7. The van der Waals surface area contributed by atoms with Crippen molar-refractivity contribution in [1.29, 1.82) is 0 Å². The summed E-state index contributed by atoms with van der Waals surface area (Å²) in [6.07, 6.45) is 0. The summed E-state index contributed by atoms with van der Waals surface area (Å²) in [5.74, 6) is 0. The average molecular weight is 287 g/mol. The molecule has 64 valence electrons. The van der Waals surface area contributed by atoms with Gasteiger partial charge in [-0.25, -0.2) is 0 Å². The lowest BCUT2D eigenvalue weighted by Gasteiger charge is -1.90. The molecular weight excluding hydrogens is 287 g/mol. The Labute approximate surface area is 92.2 Å². The minimum atomic E-state index is -0.481. The fraction of sp³-hybridized carbons (Fsp3) is 0. The molecule has 0 fully saturated rings. The molecule has 0 rings (SSSR count). The van der Waals surface area contributed by atoms with Crippen LogP contribution in [-0.4, -0.2) is 9.15 Å². The Balaban J connectivity index is 3.03. The van der Waals surface area contributed by atoms with Crippen LogP contribution in [0.3, 0.4) is 0 Å². The standard InChI is InChI=1S/C2Cl2O2S5/c3-1(5)7-9-11-10-8-2(4)6. The van der Waals surface area contributed by atoms with Crippen LogP contribution in [-0.2, 0) is 0 Å². The van der Waals surface area contributed by atoms with Gasteiger partial charge in [0, 0.05) is 21.6 Å². The second kappa shape index (κ2) is 8.28. The highest BCUT2D eigenvalue weighted by atomic mass is 35.5. The van der Waals surface area contributed by atoms with Crippen molar-refractivity contribution in [1.82, 2.24) is 0 Å². The van der Waals surface area contributed by atoms with E-state index >= 15 is 0 Å². The van der Waals surface area contributed by atoms with Gasteiger partial charge in [-0.05, 0) is 52.7 Å². The SMILES string of the molecule is O=C(Cl)SSSSSC(=O)Cl. The van der Waals surface area contributed by atoms with Gasteiger partial charge in [-0.15, -0.1) is 0 Å². The topological polar surface area (TPSA) is 34.1 Å². The molecular formula is C2Cl2O2S5. The molecule has 0 N–H and O–H groups in total. The maximum atomic E-state index is 10.1. The molecule has 9 heteroatoms.